The standard InChI is InChI=1S/C25H19BrFN5O6/c1-14-29-20-7-6-16(26)10-19(20)25(34)31(14)28-12-15-8-21(32(35)36)24(22(9-15)37-2)38-13-23(33)30-18-5-3-4-17(27)11-18/h3-12H,13H2,1-2H3,(H,30,33). The second kappa shape index (κ2) is 11.2. The van der Waals surface area contributed by atoms with E-state index in [-0.39, 0.29) is 22.7 Å². The van der Waals surface area contributed by atoms with Gasteiger partial charge in [0.1, 0.15) is 11.6 Å². The zero-order chi connectivity index (χ0) is 27.4. The summed E-state index contributed by atoms with van der Waals surface area (Å²) >= 11 is 3.33. The van der Waals surface area contributed by atoms with E-state index in [0.717, 1.165) is 16.8 Å². The van der Waals surface area contributed by atoms with Gasteiger partial charge in [-0.25, -0.2) is 9.37 Å². The fourth-order valence-electron chi connectivity index (χ4n) is 3.54. The third kappa shape index (κ3) is 5.83. The molecule has 0 saturated carbocycles. The van der Waals surface area contributed by atoms with E-state index in [9.17, 15) is 24.1 Å². The average Bonchev–Trinajstić information content (AvgIpc) is 2.87. The van der Waals surface area contributed by atoms with Crippen LogP contribution in [-0.2, 0) is 4.79 Å². The summed E-state index contributed by atoms with van der Waals surface area (Å²) in [6.45, 7) is 1.00. The number of halogens is 2. The van der Waals surface area contributed by atoms with Crippen molar-refractivity contribution in [2.24, 2.45) is 5.10 Å². The molecule has 0 aliphatic heterocycles. The summed E-state index contributed by atoms with van der Waals surface area (Å²) in [5, 5.41) is 18.7. The van der Waals surface area contributed by atoms with Gasteiger partial charge in [0.05, 0.1) is 29.2 Å². The first-order valence-corrected chi connectivity index (χ1v) is 11.7. The average molecular weight is 584 g/mol. The van der Waals surface area contributed by atoms with Crippen LogP contribution in [0.2, 0.25) is 0 Å². The predicted octanol–water partition coefficient (Wildman–Crippen LogP) is 4.42. The smallest absolute Gasteiger partial charge is 0.315 e. The number of nitrogens with one attached hydrogen (secondary N) is 1. The molecule has 0 radical (unpaired) electrons. The van der Waals surface area contributed by atoms with E-state index in [2.05, 4.69) is 31.3 Å². The zero-order valence-electron chi connectivity index (χ0n) is 20.0. The van der Waals surface area contributed by atoms with E-state index in [1.165, 1.54) is 37.6 Å². The molecule has 0 bridgehead atoms. The number of anilines is 1. The van der Waals surface area contributed by atoms with Crippen molar-refractivity contribution in [1.29, 1.82) is 0 Å². The van der Waals surface area contributed by atoms with Gasteiger partial charge in [-0.2, -0.15) is 9.78 Å². The van der Waals surface area contributed by atoms with Gasteiger partial charge in [-0.15, -0.1) is 0 Å². The normalized spacial score (nSPS) is 11.1. The summed E-state index contributed by atoms with van der Waals surface area (Å²) in [6.07, 6.45) is 1.25. The number of nitro groups is 1. The maximum absolute atomic E-state index is 13.3. The molecule has 3 aromatic carbocycles. The van der Waals surface area contributed by atoms with E-state index in [0.29, 0.717) is 21.2 Å². The van der Waals surface area contributed by atoms with Gasteiger partial charge in [-0.05, 0) is 49.4 Å². The first kappa shape index (κ1) is 26.4. The van der Waals surface area contributed by atoms with Crippen LogP contribution >= 0.6 is 15.9 Å². The van der Waals surface area contributed by atoms with Crippen LogP contribution in [0.5, 0.6) is 11.5 Å². The molecule has 0 aliphatic carbocycles. The number of amides is 1. The third-order valence-electron chi connectivity index (χ3n) is 5.22. The molecule has 1 aromatic heterocycles. The highest BCUT2D eigenvalue weighted by Crippen LogP contribution is 2.38. The molecule has 4 aromatic rings. The Balaban J connectivity index is 1.62. The molecular formula is C25H19BrFN5O6. The van der Waals surface area contributed by atoms with E-state index in [1.54, 1.807) is 25.1 Å². The number of aromatic nitrogens is 2. The van der Waals surface area contributed by atoms with E-state index in [1.807, 2.05) is 0 Å². The number of hydrogen-bond acceptors (Lipinski definition) is 8. The van der Waals surface area contributed by atoms with Crippen LogP contribution in [0.15, 0.2) is 69.0 Å². The summed E-state index contributed by atoms with van der Waals surface area (Å²) in [4.78, 5) is 40.7. The molecule has 0 unspecified atom stereocenters. The van der Waals surface area contributed by atoms with Crippen LogP contribution in [0.1, 0.15) is 11.4 Å². The maximum atomic E-state index is 13.3. The van der Waals surface area contributed by atoms with Crippen molar-refractivity contribution in [1.82, 2.24) is 9.66 Å². The van der Waals surface area contributed by atoms with Crippen LogP contribution in [0.3, 0.4) is 0 Å². The number of hydrogen-bond donors (Lipinski definition) is 1. The van der Waals surface area contributed by atoms with Crippen molar-refractivity contribution in [2.45, 2.75) is 6.92 Å². The number of fused-ring (bicyclic) bond motifs is 1. The summed E-state index contributed by atoms with van der Waals surface area (Å²) in [5.74, 6) is -1.21. The lowest BCUT2D eigenvalue weighted by Gasteiger charge is -2.12. The quantitative estimate of drug-likeness (QED) is 0.184. The van der Waals surface area contributed by atoms with Crippen LogP contribution in [0.25, 0.3) is 10.9 Å². The number of ether oxygens (including phenoxy) is 2. The number of rotatable bonds is 8. The van der Waals surface area contributed by atoms with Crippen LogP contribution in [-0.4, -0.2) is 40.4 Å². The summed E-state index contributed by atoms with van der Waals surface area (Å²) < 4.78 is 25.8. The van der Waals surface area contributed by atoms with E-state index < -0.39 is 34.5 Å². The van der Waals surface area contributed by atoms with Gasteiger partial charge in [0.15, 0.2) is 12.4 Å². The Morgan fingerprint density at radius 1 is 1.26 bits per heavy atom. The van der Waals surface area contributed by atoms with Gasteiger partial charge in [0.2, 0.25) is 5.75 Å². The molecule has 0 aliphatic rings. The SMILES string of the molecule is COc1cc(C=Nn2c(C)nc3ccc(Br)cc3c2=O)cc([N+](=O)[O-])c1OCC(=O)Nc1cccc(F)c1. The Kier molecular flexibility index (Phi) is 7.76. The molecule has 38 heavy (non-hydrogen) atoms. The van der Waals surface area contributed by atoms with Crippen LogP contribution in [0, 0.1) is 22.9 Å². The van der Waals surface area contributed by atoms with Crippen molar-refractivity contribution in [3.63, 3.8) is 0 Å². The topological polar surface area (TPSA) is 138 Å². The highest BCUT2D eigenvalue weighted by atomic mass is 79.9. The zero-order valence-corrected chi connectivity index (χ0v) is 21.6. The number of carbonyl (C=O) groups is 1. The molecule has 4 rings (SSSR count). The fraction of sp³-hybridized carbons (Fsp3) is 0.120. The van der Waals surface area contributed by atoms with Crippen molar-refractivity contribution in [3.05, 3.63) is 96.7 Å². The Labute approximate surface area is 222 Å². The minimum Gasteiger partial charge on any atom is -0.493 e. The molecule has 13 heteroatoms. The van der Waals surface area contributed by atoms with Gasteiger partial charge in [0.25, 0.3) is 11.5 Å². The van der Waals surface area contributed by atoms with Crippen LogP contribution < -0.4 is 20.3 Å². The maximum Gasteiger partial charge on any atom is 0.315 e. The molecule has 0 spiro atoms. The monoisotopic (exact) mass is 583 g/mol. The lowest BCUT2D eigenvalue weighted by molar-refractivity contribution is -0.385. The van der Waals surface area contributed by atoms with Gasteiger partial charge < -0.3 is 14.8 Å². The van der Waals surface area contributed by atoms with Crippen LogP contribution in [0.4, 0.5) is 15.8 Å². The number of nitro benzene ring substituents is 1. The molecule has 0 saturated heterocycles. The minimum absolute atomic E-state index is 0.0381. The summed E-state index contributed by atoms with van der Waals surface area (Å²) in [6, 6.07) is 12.9. The molecule has 1 heterocycles. The largest absolute Gasteiger partial charge is 0.493 e. The number of carbonyl (C=O) groups excluding carboxylic acids is 1. The first-order chi connectivity index (χ1) is 18.2. The summed E-state index contributed by atoms with van der Waals surface area (Å²) in [7, 11) is 1.28. The minimum atomic E-state index is -0.702. The van der Waals surface area contributed by atoms with Crippen molar-refractivity contribution < 1.29 is 23.6 Å². The Bertz CT molecular complexity index is 1660. The lowest BCUT2D eigenvalue weighted by Crippen LogP contribution is -2.21. The summed E-state index contributed by atoms with van der Waals surface area (Å²) in [5.41, 5.74) is 0.0191. The highest BCUT2D eigenvalue weighted by molar-refractivity contribution is 9.10. The lowest BCUT2D eigenvalue weighted by atomic mass is 10.2. The Morgan fingerprint density at radius 2 is 2.05 bits per heavy atom. The number of benzene rings is 3. The number of methoxy groups -OCH3 is 1. The molecule has 11 nitrogen and oxygen atoms in total. The van der Waals surface area contributed by atoms with Gasteiger partial charge in [-0.1, -0.05) is 22.0 Å². The first-order valence-electron chi connectivity index (χ1n) is 10.9. The molecule has 0 atom stereocenters. The van der Waals surface area contributed by atoms with Gasteiger partial charge in [-0.3, -0.25) is 19.7 Å². The van der Waals surface area contributed by atoms with E-state index in [4.69, 9.17) is 9.47 Å². The predicted molar refractivity (Wildman–Crippen MR) is 142 cm³/mol. The van der Waals surface area contributed by atoms with Crippen molar-refractivity contribution in [3.8, 4) is 11.5 Å². The second-order valence-electron chi connectivity index (χ2n) is 7.86. The number of aryl methyl sites for hydroxylation is 1. The third-order valence-corrected chi connectivity index (χ3v) is 5.72. The number of nitrogens with zero attached hydrogens (tertiary/aromatic N) is 4. The molecule has 194 valence electrons. The molecule has 1 N–H and O–H groups in total. The van der Waals surface area contributed by atoms with E-state index >= 15 is 0 Å². The molecule has 1 amide bonds. The van der Waals surface area contributed by atoms with Crippen molar-refractivity contribution in [2.75, 3.05) is 19.0 Å². The Morgan fingerprint density at radius 3 is 2.76 bits per heavy atom. The Hall–Kier alpha value is -4.65. The van der Waals surface area contributed by atoms with Gasteiger partial charge >= 0.3 is 5.69 Å². The molecular weight excluding hydrogens is 565 g/mol. The highest BCUT2D eigenvalue weighted by Gasteiger charge is 2.23. The van der Waals surface area contributed by atoms with Gasteiger partial charge in [0, 0.05) is 21.8 Å². The molecule has 0 fully saturated rings. The van der Waals surface area contributed by atoms with Crippen molar-refractivity contribution >= 4 is 50.3 Å². The second-order valence-corrected chi connectivity index (χ2v) is 8.77. The fourth-order valence-corrected chi connectivity index (χ4v) is 3.90.